The summed E-state index contributed by atoms with van der Waals surface area (Å²) in [5.41, 5.74) is 12.8. The summed E-state index contributed by atoms with van der Waals surface area (Å²) in [5.74, 6) is 0. The van der Waals surface area contributed by atoms with Crippen molar-refractivity contribution in [1.82, 2.24) is 4.57 Å². The van der Waals surface area contributed by atoms with Gasteiger partial charge >= 0.3 is 7.12 Å². The third-order valence-corrected chi connectivity index (χ3v) is 10.3. The molecule has 2 N–H and O–H groups in total. The normalized spacial score (nSPS) is 11.8. The second-order valence-corrected chi connectivity index (χ2v) is 12.0. The zero-order valence-electron chi connectivity index (χ0n) is 23.3. The maximum absolute atomic E-state index is 10.6. The van der Waals surface area contributed by atoms with Crippen LogP contribution in [0.5, 0.6) is 0 Å². The van der Waals surface area contributed by atoms with E-state index in [0.717, 1.165) is 32.2 Å². The largest absolute Gasteiger partial charge is 0.489 e. The van der Waals surface area contributed by atoms with Crippen LogP contribution in [0.15, 0.2) is 78.9 Å². The van der Waals surface area contributed by atoms with Gasteiger partial charge < -0.3 is 14.6 Å². The van der Waals surface area contributed by atoms with Crippen LogP contribution in [0.4, 0.5) is 0 Å². The van der Waals surface area contributed by atoms with Crippen molar-refractivity contribution in [2.45, 2.75) is 0 Å². The van der Waals surface area contributed by atoms with Gasteiger partial charge in [0, 0.05) is 42.1 Å². The van der Waals surface area contributed by atoms with Gasteiger partial charge in [-0.1, -0.05) is 65.5 Å². The van der Waals surface area contributed by atoms with Crippen LogP contribution in [-0.2, 0) is 0 Å². The molecule has 0 saturated heterocycles. The van der Waals surface area contributed by atoms with E-state index in [1.807, 2.05) is 6.07 Å². The predicted octanol–water partition coefficient (Wildman–Crippen LogP) is -2.21. The first-order valence-corrected chi connectivity index (χ1v) is 14.5. The molecule has 40 heavy (non-hydrogen) atoms. The fourth-order valence-corrected chi connectivity index (χ4v) is 7.87. The summed E-state index contributed by atoms with van der Waals surface area (Å²) < 4.78 is 4.33. The molecule has 0 bridgehead atoms. The zero-order chi connectivity index (χ0) is 27.9. The Bertz CT molecular complexity index is 2090. The van der Waals surface area contributed by atoms with Crippen LogP contribution in [0.1, 0.15) is 0 Å². The van der Waals surface area contributed by atoms with Gasteiger partial charge in [-0.3, -0.25) is 0 Å². The van der Waals surface area contributed by atoms with Crippen LogP contribution in [-0.4, -0.2) is 61.0 Å². The van der Waals surface area contributed by atoms with E-state index in [9.17, 15) is 10.0 Å². The number of thiophene rings is 1. The van der Waals surface area contributed by atoms with Gasteiger partial charge in [-0.15, -0.1) is 27.7 Å². The number of benzene rings is 5. The van der Waals surface area contributed by atoms with Crippen LogP contribution in [0.3, 0.4) is 0 Å². The zero-order valence-corrected chi connectivity index (χ0v) is 24.1. The Morgan fingerprint density at radius 2 is 1.12 bits per heavy atom. The SMILES string of the molecule is Bc1c(B)c(B)c(-c2cccc3c2sc2c(B(O)O)cc(-n4c5ccccc5c5ccccc54)cc23)c(B)c1B. The van der Waals surface area contributed by atoms with E-state index in [1.54, 1.807) is 11.3 Å². The molecular weight excluding hydrogens is 503 g/mol. The minimum atomic E-state index is -1.58. The molecule has 0 fully saturated rings. The van der Waals surface area contributed by atoms with Crippen molar-refractivity contribution in [3.05, 3.63) is 78.9 Å². The third kappa shape index (κ3) is 3.53. The Morgan fingerprint density at radius 3 is 1.73 bits per heavy atom. The molecule has 0 aliphatic carbocycles. The van der Waals surface area contributed by atoms with Crippen LogP contribution >= 0.6 is 11.3 Å². The van der Waals surface area contributed by atoms with Crippen molar-refractivity contribution in [3.8, 4) is 16.8 Å². The topological polar surface area (TPSA) is 45.4 Å². The van der Waals surface area contributed by atoms with E-state index < -0.39 is 7.12 Å². The quantitative estimate of drug-likeness (QED) is 0.256. The molecule has 0 unspecified atom stereocenters. The minimum Gasteiger partial charge on any atom is -0.423 e. The van der Waals surface area contributed by atoms with Gasteiger partial charge in [-0.25, -0.2) is 0 Å². The molecule has 0 aliphatic rings. The van der Waals surface area contributed by atoms with E-state index in [-0.39, 0.29) is 0 Å². The van der Waals surface area contributed by atoms with E-state index in [2.05, 4.69) is 117 Å². The lowest BCUT2D eigenvalue weighted by molar-refractivity contribution is 0.426. The molecule has 2 heterocycles. The Labute approximate surface area is 242 Å². The summed E-state index contributed by atoms with van der Waals surface area (Å²) in [5, 5.41) is 25.8. The molecule has 0 saturated carbocycles. The number of fused-ring (bicyclic) bond motifs is 6. The lowest BCUT2D eigenvalue weighted by Crippen LogP contribution is -2.55. The molecule has 7 rings (SSSR count). The van der Waals surface area contributed by atoms with E-state index in [1.165, 1.54) is 53.9 Å². The fraction of sp³-hybridized carbons (Fsp3) is 0. The van der Waals surface area contributed by atoms with Gasteiger partial charge in [-0.2, -0.15) is 0 Å². The van der Waals surface area contributed by atoms with Gasteiger partial charge in [0.05, 0.1) is 11.0 Å². The third-order valence-electron chi connectivity index (χ3n) is 9.00. The fourth-order valence-electron chi connectivity index (χ4n) is 6.53. The van der Waals surface area contributed by atoms with E-state index in [4.69, 9.17) is 0 Å². The Kier molecular flexibility index (Phi) is 5.87. The van der Waals surface area contributed by atoms with Gasteiger partial charge in [-0.05, 0) is 35.4 Å². The molecule has 0 radical (unpaired) electrons. The molecular formula is C30H25B6NO2S. The van der Waals surface area contributed by atoms with Gasteiger partial charge in [0.2, 0.25) is 0 Å². The van der Waals surface area contributed by atoms with Gasteiger partial charge in [0.1, 0.15) is 39.2 Å². The number of rotatable bonds is 3. The molecule has 0 aliphatic heterocycles. The molecule has 186 valence electrons. The lowest BCUT2D eigenvalue weighted by atomic mass is 9.59. The van der Waals surface area contributed by atoms with Crippen molar-refractivity contribution < 1.29 is 10.0 Å². The standard InChI is InChI=1S/C30H25B6NO2S/c31-24-23(25(32)27(34)28(35)26(24)33)18-9-5-8-17-19-12-14(13-20(36(38)39)30(19)40-29(17)18)37-21-10-3-1-6-15(21)16-7-2-4-11-22(16)37/h1-13,38-39H,31-35H2. The second kappa shape index (κ2) is 9.24. The lowest BCUT2D eigenvalue weighted by Gasteiger charge is -2.20. The first-order chi connectivity index (χ1) is 19.3. The Morgan fingerprint density at radius 1 is 0.575 bits per heavy atom. The highest BCUT2D eigenvalue weighted by Crippen LogP contribution is 2.40. The maximum Gasteiger partial charge on any atom is 0.489 e. The summed E-state index contributed by atoms with van der Waals surface area (Å²) in [6.45, 7) is 0. The Hall–Kier alpha value is -3.57. The number of nitrogens with zero attached hydrogens (tertiary/aromatic N) is 1. The minimum absolute atomic E-state index is 0.534. The Balaban J connectivity index is 1.59. The van der Waals surface area contributed by atoms with Crippen molar-refractivity contribution in [3.63, 3.8) is 0 Å². The molecule has 10 heteroatoms. The number of hydrogen-bond donors (Lipinski definition) is 2. The summed E-state index contributed by atoms with van der Waals surface area (Å²) in [6.07, 6.45) is 0. The average Bonchev–Trinajstić information content (AvgIpc) is 3.51. The number of aromatic nitrogens is 1. The smallest absolute Gasteiger partial charge is 0.423 e. The first kappa shape index (κ1) is 25.4. The van der Waals surface area contributed by atoms with Crippen LogP contribution in [0.25, 0.3) is 58.8 Å². The molecule has 0 spiro atoms. The predicted molar refractivity (Wildman–Crippen MR) is 190 cm³/mol. The van der Waals surface area contributed by atoms with E-state index >= 15 is 0 Å². The van der Waals surface area contributed by atoms with Gasteiger partial charge in [0.25, 0.3) is 0 Å². The second-order valence-electron chi connectivity index (χ2n) is 10.9. The van der Waals surface area contributed by atoms with Crippen molar-refractivity contribution in [1.29, 1.82) is 0 Å². The number of hydrogen-bond acceptors (Lipinski definition) is 3. The van der Waals surface area contributed by atoms with Crippen LogP contribution in [0, 0.1) is 0 Å². The average molecular weight is 528 g/mol. The molecule has 5 aromatic carbocycles. The number of para-hydroxylation sites is 2. The maximum atomic E-state index is 10.6. The summed E-state index contributed by atoms with van der Waals surface area (Å²) in [6, 6.07) is 27.5. The summed E-state index contributed by atoms with van der Waals surface area (Å²) in [7, 11) is 9.49. The van der Waals surface area contributed by atoms with E-state index in [0.29, 0.717) is 5.46 Å². The highest BCUT2D eigenvalue weighted by molar-refractivity contribution is 7.27. The van der Waals surface area contributed by atoms with Crippen molar-refractivity contribution >= 4 is 132 Å². The molecule has 0 atom stereocenters. The monoisotopic (exact) mass is 529 g/mol. The molecule has 7 aromatic rings. The summed E-state index contributed by atoms with van der Waals surface area (Å²) in [4.78, 5) is 0. The highest BCUT2D eigenvalue weighted by Gasteiger charge is 2.23. The van der Waals surface area contributed by atoms with Crippen molar-refractivity contribution in [2.75, 3.05) is 0 Å². The first-order valence-electron chi connectivity index (χ1n) is 13.7. The molecule has 2 aromatic heterocycles. The van der Waals surface area contributed by atoms with Crippen LogP contribution in [0.2, 0.25) is 0 Å². The molecule has 0 amide bonds. The highest BCUT2D eigenvalue weighted by atomic mass is 32.1. The van der Waals surface area contributed by atoms with Gasteiger partial charge in [0.15, 0.2) is 0 Å². The summed E-state index contributed by atoms with van der Waals surface area (Å²) >= 11 is 1.66. The van der Waals surface area contributed by atoms with Crippen LogP contribution < -0.4 is 32.8 Å². The molecule has 3 nitrogen and oxygen atoms in total. The van der Waals surface area contributed by atoms with Crippen molar-refractivity contribution in [2.24, 2.45) is 0 Å².